The Morgan fingerprint density at radius 2 is 1.58 bits per heavy atom. The molecule has 0 bridgehead atoms. The van der Waals surface area contributed by atoms with Gasteiger partial charge >= 0.3 is 0 Å². The molecular formula is C13H9BrF2N2S. The van der Waals surface area contributed by atoms with E-state index in [0.29, 0.717) is 4.47 Å². The molecule has 98 valence electrons. The molecule has 0 fully saturated rings. The summed E-state index contributed by atoms with van der Waals surface area (Å²) < 4.78 is 27.5. The van der Waals surface area contributed by atoms with Crippen LogP contribution in [0.3, 0.4) is 0 Å². The van der Waals surface area contributed by atoms with E-state index in [9.17, 15) is 8.78 Å². The van der Waals surface area contributed by atoms with Crippen molar-refractivity contribution >= 4 is 44.6 Å². The Hall–Kier alpha value is -1.53. The van der Waals surface area contributed by atoms with Crippen LogP contribution in [0.1, 0.15) is 0 Å². The number of halogens is 3. The molecule has 0 radical (unpaired) electrons. The van der Waals surface area contributed by atoms with Gasteiger partial charge in [-0.3, -0.25) is 0 Å². The number of anilines is 2. The van der Waals surface area contributed by atoms with Gasteiger partial charge in [0.05, 0.1) is 0 Å². The molecule has 2 nitrogen and oxygen atoms in total. The molecule has 0 aliphatic heterocycles. The van der Waals surface area contributed by atoms with Crippen LogP contribution in [0.5, 0.6) is 0 Å². The minimum Gasteiger partial charge on any atom is -0.332 e. The minimum absolute atomic E-state index is 0.117. The lowest BCUT2D eigenvalue weighted by atomic mass is 10.3. The Bertz CT molecular complexity index is 582. The molecule has 2 N–H and O–H groups in total. The lowest BCUT2D eigenvalue weighted by molar-refractivity contribution is 0.590. The Morgan fingerprint density at radius 3 is 2.16 bits per heavy atom. The molecule has 2 rings (SSSR count). The third-order valence-corrected chi connectivity index (χ3v) is 2.94. The second-order valence-electron chi connectivity index (χ2n) is 3.69. The SMILES string of the molecule is Fc1cc(Br)cc(F)c1NC(=S)Nc1ccccc1. The third kappa shape index (κ3) is 3.71. The zero-order chi connectivity index (χ0) is 13.8. The van der Waals surface area contributed by atoms with Crippen molar-refractivity contribution in [2.24, 2.45) is 0 Å². The van der Waals surface area contributed by atoms with Gasteiger partial charge < -0.3 is 10.6 Å². The van der Waals surface area contributed by atoms with Crippen molar-refractivity contribution in [3.05, 3.63) is 58.6 Å². The molecule has 0 spiro atoms. The lowest BCUT2D eigenvalue weighted by Gasteiger charge is -2.12. The van der Waals surface area contributed by atoms with Gasteiger partial charge in [-0.2, -0.15) is 0 Å². The van der Waals surface area contributed by atoms with Crippen molar-refractivity contribution in [3.8, 4) is 0 Å². The van der Waals surface area contributed by atoms with Crippen LogP contribution in [0.2, 0.25) is 0 Å². The first-order valence-electron chi connectivity index (χ1n) is 5.34. The van der Waals surface area contributed by atoms with Crippen LogP contribution in [-0.2, 0) is 0 Å². The number of rotatable bonds is 2. The van der Waals surface area contributed by atoms with E-state index in [0.717, 1.165) is 17.8 Å². The van der Waals surface area contributed by atoms with Crippen LogP contribution in [0.25, 0.3) is 0 Å². The monoisotopic (exact) mass is 342 g/mol. The average Bonchev–Trinajstić information content (AvgIpc) is 2.35. The number of benzene rings is 2. The topological polar surface area (TPSA) is 24.1 Å². The number of para-hydroxylation sites is 1. The van der Waals surface area contributed by atoms with Gasteiger partial charge in [-0.25, -0.2) is 8.78 Å². The quantitative estimate of drug-likeness (QED) is 0.783. The van der Waals surface area contributed by atoms with E-state index in [4.69, 9.17) is 12.2 Å². The van der Waals surface area contributed by atoms with Gasteiger partial charge in [0, 0.05) is 10.2 Å². The summed E-state index contributed by atoms with van der Waals surface area (Å²) in [6, 6.07) is 11.4. The van der Waals surface area contributed by atoms with Crippen LogP contribution in [0.4, 0.5) is 20.2 Å². The molecule has 0 aliphatic rings. The van der Waals surface area contributed by atoms with Gasteiger partial charge in [-0.1, -0.05) is 34.1 Å². The van der Waals surface area contributed by atoms with Gasteiger partial charge in [-0.05, 0) is 36.5 Å². The van der Waals surface area contributed by atoms with Crippen LogP contribution < -0.4 is 10.6 Å². The maximum atomic E-state index is 13.6. The molecule has 0 unspecified atom stereocenters. The maximum Gasteiger partial charge on any atom is 0.175 e. The molecule has 0 aromatic heterocycles. The van der Waals surface area contributed by atoms with Crippen molar-refractivity contribution in [1.29, 1.82) is 0 Å². The smallest absolute Gasteiger partial charge is 0.175 e. The van der Waals surface area contributed by atoms with E-state index < -0.39 is 11.6 Å². The number of hydrogen-bond acceptors (Lipinski definition) is 1. The maximum absolute atomic E-state index is 13.6. The summed E-state index contributed by atoms with van der Waals surface area (Å²) in [5.41, 5.74) is 0.453. The molecule has 2 aromatic carbocycles. The van der Waals surface area contributed by atoms with E-state index in [1.54, 1.807) is 12.1 Å². The zero-order valence-electron chi connectivity index (χ0n) is 9.58. The summed E-state index contributed by atoms with van der Waals surface area (Å²) in [6.45, 7) is 0. The first-order chi connectivity index (χ1) is 9.06. The van der Waals surface area contributed by atoms with Gasteiger partial charge in [0.15, 0.2) is 16.7 Å². The molecule has 19 heavy (non-hydrogen) atoms. The van der Waals surface area contributed by atoms with Gasteiger partial charge in [0.2, 0.25) is 0 Å². The second-order valence-corrected chi connectivity index (χ2v) is 5.01. The summed E-state index contributed by atoms with van der Waals surface area (Å²) in [5.74, 6) is -1.44. The zero-order valence-corrected chi connectivity index (χ0v) is 12.0. The predicted octanol–water partition coefficient (Wildman–Crippen LogP) is 4.54. The predicted molar refractivity (Wildman–Crippen MR) is 80.3 cm³/mol. The highest BCUT2D eigenvalue weighted by molar-refractivity contribution is 9.10. The van der Waals surface area contributed by atoms with Crippen LogP contribution in [0.15, 0.2) is 46.9 Å². The Kier molecular flexibility index (Phi) is 4.44. The first-order valence-corrected chi connectivity index (χ1v) is 6.54. The van der Waals surface area contributed by atoms with Crippen molar-refractivity contribution in [2.75, 3.05) is 10.6 Å². The molecule has 2 aromatic rings. The fourth-order valence-corrected chi connectivity index (χ4v) is 2.08. The van der Waals surface area contributed by atoms with Crippen LogP contribution >= 0.6 is 28.1 Å². The first kappa shape index (κ1) is 13.9. The second kappa shape index (κ2) is 6.08. The Balaban J connectivity index is 2.12. The lowest BCUT2D eigenvalue weighted by Crippen LogP contribution is -2.20. The largest absolute Gasteiger partial charge is 0.332 e. The van der Waals surface area contributed by atoms with E-state index in [1.807, 2.05) is 18.2 Å². The van der Waals surface area contributed by atoms with E-state index in [2.05, 4.69) is 26.6 Å². The van der Waals surface area contributed by atoms with Gasteiger partial charge in [-0.15, -0.1) is 0 Å². The van der Waals surface area contributed by atoms with Crippen molar-refractivity contribution < 1.29 is 8.78 Å². The van der Waals surface area contributed by atoms with Gasteiger partial charge in [0.25, 0.3) is 0 Å². The van der Waals surface area contributed by atoms with E-state index in [-0.39, 0.29) is 10.8 Å². The van der Waals surface area contributed by atoms with Crippen molar-refractivity contribution in [2.45, 2.75) is 0 Å². The minimum atomic E-state index is -0.718. The Labute approximate surface area is 123 Å². The molecule has 0 atom stereocenters. The van der Waals surface area contributed by atoms with Crippen LogP contribution in [-0.4, -0.2) is 5.11 Å². The fourth-order valence-electron chi connectivity index (χ4n) is 1.46. The van der Waals surface area contributed by atoms with Gasteiger partial charge in [0.1, 0.15) is 5.69 Å². The molecule has 0 saturated carbocycles. The summed E-state index contributed by atoms with van der Waals surface area (Å²) in [7, 11) is 0. The standard InChI is InChI=1S/C13H9BrF2N2S/c14-8-6-10(15)12(11(16)7-8)18-13(19)17-9-4-2-1-3-5-9/h1-7H,(H2,17,18,19). The van der Waals surface area contributed by atoms with Crippen molar-refractivity contribution in [1.82, 2.24) is 0 Å². The summed E-state index contributed by atoms with van der Waals surface area (Å²) >= 11 is 8.01. The third-order valence-electron chi connectivity index (χ3n) is 2.28. The van der Waals surface area contributed by atoms with Crippen molar-refractivity contribution in [3.63, 3.8) is 0 Å². The fraction of sp³-hybridized carbons (Fsp3) is 0. The molecular weight excluding hydrogens is 334 g/mol. The highest BCUT2D eigenvalue weighted by atomic mass is 79.9. The summed E-state index contributed by atoms with van der Waals surface area (Å²) in [5, 5.41) is 5.46. The van der Waals surface area contributed by atoms with Crippen LogP contribution in [0, 0.1) is 11.6 Å². The van der Waals surface area contributed by atoms with E-state index in [1.165, 1.54) is 0 Å². The molecule has 0 amide bonds. The average molecular weight is 343 g/mol. The highest BCUT2D eigenvalue weighted by Gasteiger charge is 2.11. The van der Waals surface area contributed by atoms with E-state index >= 15 is 0 Å². The molecule has 0 heterocycles. The number of thiocarbonyl (C=S) groups is 1. The molecule has 0 saturated heterocycles. The molecule has 0 aliphatic carbocycles. The highest BCUT2D eigenvalue weighted by Crippen LogP contribution is 2.23. The Morgan fingerprint density at radius 1 is 1.00 bits per heavy atom. The summed E-state index contributed by atoms with van der Waals surface area (Å²) in [6.07, 6.45) is 0. The molecule has 6 heteroatoms. The number of hydrogen-bond donors (Lipinski definition) is 2. The normalized spacial score (nSPS) is 10.1. The number of nitrogens with one attached hydrogen (secondary N) is 2. The summed E-state index contributed by atoms with van der Waals surface area (Å²) in [4.78, 5) is 0.